The molecule has 1 saturated heterocycles. The molecule has 0 spiro atoms. The molecule has 0 radical (unpaired) electrons. The minimum atomic E-state index is -1.11. The highest BCUT2D eigenvalue weighted by atomic mass is 32.2. The number of carbonyl (C=O) groups excluding carboxylic acids is 3. The first-order valence-corrected chi connectivity index (χ1v) is 14.0. The molecular formula is C28H36N4O6S. The van der Waals surface area contributed by atoms with E-state index in [2.05, 4.69) is 10.2 Å². The fraction of sp³-hybridized carbons (Fsp3) is 0.464. The van der Waals surface area contributed by atoms with Gasteiger partial charge in [0.25, 0.3) is 5.91 Å². The number of rotatable bonds is 5. The highest BCUT2D eigenvalue weighted by Crippen LogP contribution is 2.37. The molecule has 0 aliphatic carbocycles. The van der Waals surface area contributed by atoms with Crippen LogP contribution in [0.5, 0.6) is 0 Å². The summed E-state index contributed by atoms with van der Waals surface area (Å²) in [4.78, 5) is 42.2. The Morgan fingerprint density at radius 1 is 1.08 bits per heavy atom. The number of nitrogens with one attached hydrogen (secondary N) is 2. The Balaban J connectivity index is 1.44. The second-order valence-corrected chi connectivity index (χ2v) is 13.7. The first-order valence-electron chi connectivity index (χ1n) is 12.9. The maximum Gasteiger partial charge on any atom is 0.410 e. The lowest BCUT2D eigenvalue weighted by atomic mass is 10.0. The molecule has 1 unspecified atom stereocenters. The van der Waals surface area contributed by atoms with Gasteiger partial charge in [-0.25, -0.2) is 10.3 Å². The lowest BCUT2D eigenvalue weighted by molar-refractivity contribution is -0.133. The molecule has 2 aliphatic heterocycles. The summed E-state index contributed by atoms with van der Waals surface area (Å²) in [6.45, 7) is 10.5. The number of likely N-dealkylation sites (tertiary alicyclic amines) is 1. The molecule has 0 bridgehead atoms. The molecule has 3 N–H and O–H groups in total. The van der Waals surface area contributed by atoms with Gasteiger partial charge in [0.1, 0.15) is 5.60 Å². The lowest BCUT2D eigenvalue weighted by Gasteiger charge is -2.39. The zero-order valence-electron chi connectivity index (χ0n) is 22.9. The number of para-hydroxylation sites is 1. The Labute approximate surface area is 231 Å². The molecule has 210 valence electrons. The van der Waals surface area contributed by atoms with E-state index in [1.54, 1.807) is 38.4 Å². The number of carbonyl (C=O) groups is 3. The van der Waals surface area contributed by atoms with Crippen LogP contribution in [0.2, 0.25) is 0 Å². The van der Waals surface area contributed by atoms with E-state index in [1.807, 2.05) is 50.2 Å². The van der Waals surface area contributed by atoms with Gasteiger partial charge in [0.05, 0.1) is 38.1 Å². The van der Waals surface area contributed by atoms with Gasteiger partial charge >= 0.3 is 6.09 Å². The van der Waals surface area contributed by atoms with E-state index in [4.69, 9.17) is 4.74 Å². The van der Waals surface area contributed by atoms with Gasteiger partial charge in [-0.05, 0) is 64.4 Å². The van der Waals surface area contributed by atoms with Gasteiger partial charge in [-0.15, -0.1) is 0 Å². The minimum absolute atomic E-state index is 0.00361. The van der Waals surface area contributed by atoms with Crippen molar-refractivity contribution in [2.45, 2.75) is 62.4 Å². The van der Waals surface area contributed by atoms with Crippen LogP contribution in [0.3, 0.4) is 0 Å². The number of nitrogens with zero attached hydrogens (tertiary/aromatic N) is 2. The van der Waals surface area contributed by atoms with Gasteiger partial charge in [-0.1, -0.05) is 24.3 Å². The van der Waals surface area contributed by atoms with Crippen LogP contribution in [0.4, 0.5) is 10.5 Å². The first kappa shape index (κ1) is 28.6. The van der Waals surface area contributed by atoms with Crippen molar-refractivity contribution in [3.8, 4) is 0 Å². The maximum absolute atomic E-state index is 13.1. The van der Waals surface area contributed by atoms with E-state index in [0.717, 1.165) is 16.1 Å². The molecule has 39 heavy (non-hydrogen) atoms. The molecule has 2 aromatic carbocycles. The Bertz CT molecular complexity index is 1270. The van der Waals surface area contributed by atoms with Gasteiger partial charge < -0.3 is 19.9 Å². The van der Waals surface area contributed by atoms with Crippen molar-refractivity contribution in [2.75, 3.05) is 24.5 Å². The SMILES string of the molecule is CC(C)(C)OC(=O)N1C[C@H](C(=O)NO)[C@H](NC(=O)c2ccc(CN3CC(C)(C)S(=O)c4ccccc43)cc2)C1. The van der Waals surface area contributed by atoms with Crippen LogP contribution in [-0.2, 0) is 26.9 Å². The summed E-state index contributed by atoms with van der Waals surface area (Å²) < 4.78 is 18.0. The normalized spacial score (nSPS) is 22.2. The molecule has 2 aliphatic rings. The van der Waals surface area contributed by atoms with Crippen molar-refractivity contribution < 1.29 is 28.5 Å². The number of hydroxylamine groups is 1. The summed E-state index contributed by atoms with van der Waals surface area (Å²) in [5.41, 5.74) is 3.25. The van der Waals surface area contributed by atoms with Crippen LogP contribution in [0.25, 0.3) is 0 Å². The van der Waals surface area contributed by atoms with Crippen molar-refractivity contribution in [3.63, 3.8) is 0 Å². The van der Waals surface area contributed by atoms with Crippen LogP contribution < -0.4 is 15.7 Å². The molecule has 0 saturated carbocycles. The summed E-state index contributed by atoms with van der Waals surface area (Å²) in [6, 6.07) is 14.2. The molecule has 2 aromatic rings. The summed E-state index contributed by atoms with van der Waals surface area (Å²) in [5, 5.41) is 12.0. The smallest absolute Gasteiger partial charge is 0.410 e. The van der Waals surface area contributed by atoms with Crippen LogP contribution in [0, 0.1) is 5.92 Å². The minimum Gasteiger partial charge on any atom is -0.444 e. The van der Waals surface area contributed by atoms with E-state index < -0.39 is 51.0 Å². The molecule has 0 aromatic heterocycles. The van der Waals surface area contributed by atoms with Crippen LogP contribution >= 0.6 is 0 Å². The van der Waals surface area contributed by atoms with Gasteiger partial charge in [-0.2, -0.15) is 0 Å². The second kappa shape index (κ2) is 11.0. The van der Waals surface area contributed by atoms with Crippen LogP contribution in [-0.4, -0.2) is 68.2 Å². The number of fused-ring (bicyclic) bond motifs is 1. The predicted molar refractivity (Wildman–Crippen MR) is 147 cm³/mol. The quantitative estimate of drug-likeness (QED) is 0.381. The van der Waals surface area contributed by atoms with Gasteiger partial charge in [0, 0.05) is 31.7 Å². The molecule has 3 amide bonds. The number of anilines is 1. The fourth-order valence-corrected chi connectivity index (χ4v) is 6.38. The Morgan fingerprint density at radius 3 is 2.38 bits per heavy atom. The lowest BCUT2D eigenvalue weighted by Crippen LogP contribution is -2.46. The molecule has 11 heteroatoms. The summed E-state index contributed by atoms with van der Waals surface area (Å²) in [5.74, 6) is -1.92. The standard InChI is InChI=1S/C28H36N4O6S/c1-27(2,3)38-26(35)31-15-20(25(34)30-36)21(16-31)29-24(33)19-12-10-18(11-13-19)14-32-17-28(4,5)39(37)23-9-7-6-8-22(23)32/h6-13,20-21,36H,14-17H2,1-5H3,(H,29,33)(H,30,34)/t20-,21+,39?/m0/s1. The number of hydrogen-bond donors (Lipinski definition) is 3. The Hall–Kier alpha value is -3.44. The topological polar surface area (TPSA) is 128 Å². The molecule has 3 atom stereocenters. The summed E-state index contributed by atoms with van der Waals surface area (Å²) in [7, 11) is -1.11. The number of ether oxygens (including phenoxy) is 1. The van der Waals surface area contributed by atoms with Crippen molar-refractivity contribution in [1.82, 2.24) is 15.7 Å². The molecule has 2 heterocycles. The van der Waals surface area contributed by atoms with E-state index in [-0.39, 0.29) is 13.1 Å². The third-order valence-corrected chi connectivity index (χ3v) is 8.68. The van der Waals surface area contributed by atoms with Gasteiger partial charge in [0.15, 0.2) is 0 Å². The zero-order chi connectivity index (χ0) is 28.5. The third-order valence-electron chi connectivity index (χ3n) is 6.80. The van der Waals surface area contributed by atoms with Crippen molar-refractivity contribution in [1.29, 1.82) is 0 Å². The molecule has 4 rings (SSSR count). The van der Waals surface area contributed by atoms with Crippen molar-refractivity contribution in [2.24, 2.45) is 5.92 Å². The van der Waals surface area contributed by atoms with Gasteiger partial charge in [0.2, 0.25) is 5.91 Å². The van der Waals surface area contributed by atoms with E-state index in [0.29, 0.717) is 18.7 Å². The first-order chi connectivity index (χ1) is 18.3. The summed E-state index contributed by atoms with van der Waals surface area (Å²) >= 11 is 0. The van der Waals surface area contributed by atoms with Crippen LogP contribution in [0.1, 0.15) is 50.5 Å². The van der Waals surface area contributed by atoms with Crippen molar-refractivity contribution >= 4 is 34.4 Å². The molecular weight excluding hydrogens is 520 g/mol. The highest BCUT2D eigenvalue weighted by Gasteiger charge is 2.42. The monoisotopic (exact) mass is 556 g/mol. The number of hydrogen-bond acceptors (Lipinski definition) is 7. The van der Waals surface area contributed by atoms with E-state index >= 15 is 0 Å². The zero-order valence-corrected chi connectivity index (χ0v) is 23.7. The van der Waals surface area contributed by atoms with Crippen molar-refractivity contribution in [3.05, 3.63) is 59.7 Å². The average Bonchev–Trinajstić information content (AvgIpc) is 3.30. The van der Waals surface area contributed by atoms with Gasteiger partial charge in [-0.3, -0.25) is 19.0 Å². The second-order valence-electron chi connectivity index (χ2n) is 11.6. The average molecular weight is 557 g/mol. The van der Waals surface area contributed by atoms with E-state index in [1.165, 1.54) is 4.90 Å². The third kappa shape index (κ3) is 6.42. The van der Waals surface area contributed by atoms with Crippen LogP contribution in [0.15, 0.2) is 53.4 Å². The fourth-order valence-electron chi connectivity index (χ4n) is 4.93. The predicted octanol–water partition coefficient (Wildman–Crippen LogP) is 3.06. The van der Waals surface area contributed by atoms with E-state index in [9.17, 15) is 23.8 Å². The maximum atomic E-state index is 13.1. The molecule has 10 nitrogen and oxygen atoms in total. The summed E-state index contributed by atoms with van der Waals surface area (Å²) in [6.07, 6.45) is -0.592. The Kier molecular flexibility index (Phi) is 8.04. The molecule has 1 fully saturated rings. The Morgan fingerprint density at radius 2 is 1.74 bits per heavy atom. The number of benzene rings is 2. The number of amides is 3. The highest BCUT2D eigenvalue weighted by molar-refractivity contribution is 7.86. The largest absolute Gasteiger partial charge is 0.444 e.